The lowest BCUT2D eigenvalue weighted by atomic mass is 10.3. The summed E-state index contributed by atoms with van der Waals surface area (Å²) in [5, 5.41) is 32.2. The van der Waals surface area contributed by atoms with Crippen molar-refractivity contribution in [3.05, 3.63) is 10.4 Å². The van der Waals surface area contributed by atoms with Gasteiger partial charge in [-0.3, -0.25) is 9.59 Å². The molecule has 0 bridgehead atoms. The van der Waals surface area contributed by atoms with E-state index >= 15 is 0 Å². The zero-order valence-corrected chi connectivity index (χ0v) is 23.2. The molecule has 0 unspecified atom stereocenters. The van der Waals surface area contributed by atoms with Crippen molar-refractivity contribution in [2.75, 3.05) is 87.1 Å². The van der Waals surface area contributed by atoms with Crippen molar-refractivity contribution >= 4 is 47.2 Å². The number of aliphatic hydroxyl groups is 2. The molecule has 0 aliphatic heterocycles. The summed E-state index contributed by atoms with van der Waals surface area (Å²) >= 11 is 4.30. The van der Waals surface area contributed by atoms with Gasteiger partial charge in [0, 0.05) is 48.2 Å². The van der Waals surface area contributed by atoms with Gasteiger partial charge in [-0.05, 0) is 36.4 Å². The summed E-state index contributed by atoms with van der Waals surface area (Å²) < 4.78 is 10.8. The third-order valence-electron chi connectivity index (χ3n) is 4.55. The monoisotopic (exact) mass is 571 g/mol. The molecule has 12 nitrogen and oxygen atoms in total. The second kappa shape index (κ2) is 25.7. The number of carboxylic acid groups (broad SMARTS) is 1. The van der Waals surface area contributed by atoms with Gasteiger partial charge in [0.05, 0.1) is 44.4 Å². The van der Waals surface area contributed by atoms with Crippen molar-refractivity contribution in [1.29, 1.82) is 0 Å². The topological polar surface area (TPSA) is 191 Å². The number of aliphatic hydroxyl groups excluding tert-OH is 2. The Kier molecular flexibility index (Phi) is 25.1. The molecule has 1 amide bonds. The number of carbonyl (C=O) groups is 2. The highest BCUT2D eigenvalue weighted by Gasteiger charge is 2.17. The molecule has 0 saturated heterocycles. The second-order valence-electron chi connectivity index (χ2n) is 7.54. The van der Waals surface area contributed by atoms with Crippen LogP contribution in [-0.4, -0.2) is 131 Å². The van der Waals surface area contributed by atoms with E-state index in [1.54, 1.807) is 16.7 Å². The van der Waals surface area contributed by atoms with Crippen LogP contribution in [0.3, 0.4) is 0 Å². The van der Waals surface area contributed by atoms with Gasteiger partial charge in [0.1, 0.15) is 0 Å². The van der Waals surface area contributed by atoms with Crippen LogP contribution in [0.2, 0.25) is 0 Å². The largest absolute Gasteiger partial charge is 0.481 e. The number of carbonyl (C=O) groups excluding carboxylic acids is 1. The molecule has 0 aromatic carbocycles. The lowest BCUT2D eigenvalue weighted by Gasteiger charge is -2.23. The van der Waals surface area contributed by atoms with Crippen LogP contribution in [0.1, 0.15) is 19.3 Å². The Labute approximate surface area is 226 Å². The first-order chi connectivity index (χ1) is 17.4. The van der Waals surface area contributed by atoms with E-state index in [1.165, 1.54) is 23.5 Å². The van der Waals surface area contributed by atoms with Crippen molar-refractivity contribution in [2.24, 2.45) is 10.8 Å². The van der Waals surface area contributed by atoms with E-state index in [1.807, 2.05) is 0 Å². The molecular weight excluding hydrogens is 530 g/mol. The van der Waals surface area contributed by atoms with Crippen molar-refractivity contribution in [2.45, 2.75) is 31.5 Å². The van der Waals surface area contributed by atoms with E-state index in [2.05, 4.69) is 10.0 Å². The summed E-state index contributed by atoms with van der Waals surface area (Å²) in [6.07, 6.45) is 0.183. The van der Waals surface area contributed by atoms with Crippen LogP contribution in [-0.2, 0) is 19.1 Å². The summed E-state index contributed by atoms with van der Waals surface area (Å²) in [4.78, 5) is 27.7. The number of rotatable bonds is 26. The maximum absolute atomic E-state index is 12.7. The summed E-state index contributed by atoms with van der Waals surface area (Å²) in [6, 6.07) is 0. The lowest BCUT2D eigenvalue weighted by molar-refractivity contribution is -0.134. The zero-order chi connectivity index (χ0) is 26.9. The maximum atomic E-state index is 12.7. The number of hydrogen-bond donors (Lipinski definition) is 4. The molecule has 15 heteroatoms. The van der Waals surface area contributed by atoms with Gasteiger partial charge in [-0.2, -0.15) is 35.3 Å². The van der Waals surface area contributed by atoms with Crippen molar-refractivity contribution in [3.8, 4) is 0 Å². The Hall–Kier alpha value is -0.900. The predicted octanol–water partition coefficient (Wildman–Crippen LogP) is 1.29. The molecule has 0 saturated carbocycles. The smallest absolute Gasteiger partial charge is 0.313 e. The molecule has 2 atom stereocenters. The van der Waals surface area contributed by atoms with Gasteiger partial charge in [-0.25, -0.2) is 0 Å². The maximum Gasteiger partial charge on any atom is 0.313 e. The third-order valence-corrected chi connectivity index (χ3v) is 7.80. The first-order valence-electron chi connectivity index (χ1n) is 11.9. The molecule has 0 heterocycles. The van der Waals surface area contributed by atoms with Gasteiger partial charge >= 0.3 is 5.97 Å². The minimum absolute atomic E-state index is 0.0348. The van der Waals surface area contributed by atoms with Gasteiger partial charge in [-0.15, -0.1) is 0 Å². The summed E-state index contributed by atoms with van der Waals surface area (Å²) in [5.41, 5.74) is 13.6. The quantitative estimate of drug-likeness (QED) is 0.0506. The highest BCUT2D eigenvalue weighted by molar-refractivity contribution is 8.00. The van der Waals surface area contributed by atoms with Crippen LogP contribution in [0.15, 0.2) is 5.11 Å². The van der Waals surface area contributed by atoms with E-state index in [0.29, 0.717) is 81.9 Å². The van der Waals surface area contributed by atoms with E-state index in [4.69, 9.17) is 25.8 Å². The van der Waals surface area contributed by atoms with Crippen LogP contribution >= 0.6 is 35.3 Å². The second-order valence-corrected chi connectivity index (χ2v) is 10.9. The number of nitrogens with zero attached hydrogens (tertiary/aromatic N) is 4. The molecule has 0 aromatic heterocycles. The van der Waals surface area contributed by atoms with Gasteiger partial charge < -0.3 is 35.4 Å². The molecule has 210 valence electrons. The number of amides is 1. The minimum atomic E-state index is -0.860. The molecule has 36 heavy (non-hydrogen) atoms. The summed E-state index contributed by atoms with van der Waals surface area (Å²) in [5.74, 6) is 1.95. The Balaban J connectivity index is 4.27. The summed E-state index contributed by atoms with van der Waals surface area (Å²) in [6.45, 7) is 3.16. The third kappa shape index (κ3) is 22.3. The number of carboxylic acids is 1. The zero-order valence-electron chi connectivity index (χ0n) is 20.7. The molecular formula is C21H41N5O7S3. The Bertz CT molecular complexity index is 618. The van der Waals surface area contributed by atoms with Crippen LogP contribution in [0.25, 0.3) is 10.4 Å². The average Bonchev–Trinajstić information content (AvgIpc) is 2.86. The SMILES string of the molecule is [N-]=[N+]=NCCOCCOCCN(CCCSCC(=O)O)C(=O)CCSC[C@H](O)[C@@H](O)CSCCCN. The van der Waals surface area contributed by atoms with E-state index in [-0.39, 0.29) is 18.2 Å². The Morgan fingerprint density at radius 1 is 0.944 bits per heavy atom. The number of nitrogens with two attached hydrogens (primary N) is 1. The lowest BCUT2D eigenvalue weighted by Crippen LogP contribution is -2.36. The highest BCUT2D eigenvalue weighted by atomic mass is 32.2. The van der Waals surface area contributed by atoms with Crippen LogP contribution < -0.4 is 5.73 Å². The molecule has 0 spiro atoms. The number of hydrogen-bond acceptors (Lipinski definition) is 11. The first-order valence-corrected chi connectivity index (χ1v) is 15.3. The standard InChI is InChI=1S/C21H41N5O7S3/c22-4-1-12-34-15-18(27)19(28)16-36-14-3-20(29)26(6-2-13-35-17-21(30)31)7-9-33-11-10-32-8-5-24-25-23/h18-19,27-28H,1-17,22H2,(H,30,31)/t18-,19-/m0/s1. The molecule has 0 fully saturated rings. The van der Waals surface area contributed by atoms with E-state index in [9.17, 15) is 19.8 Å². The molecule has 0 aromatic rings. The van der Waals surface area contributed by atoms with Crippen LogP contribution in [0.5, 0.6) is 0 Å². The van der Waals surface area contributed by atoms with Crippen molar-refractivity contribution in [3.63, 3.8) is 0 Å². The molecule has 5 N–H and O–H groups in total. The Morgan fingerprint density at radius 3 is 2.22 bits per heavy atom. The summed E-state index contributed by atoms with van der Waals surface area (Å²) in [7, 11) is 0. The van der Waals surface area contributed by atoms with Gasteiger partial charge in [0.15, 0.2) is 0 Å². The van der Waals surface area contributed by atoms with E-state index in [0.717, 1.165) is 12.2 Å². The number of azide groups is 1. The number of thioether (sulfide) groups is 3. The van der Waals surface area contributed by atoms with Gasteiger partial charge in [0.2, 0.25) is 5.91 Å². The highest BCUT2D eigenvalue weighted by Crippen LogP contribution is 2.13. The minimum Gasteiger partial charge on any atom is -0.481 e. The van der Waals surface area contributed by atoms with Crippen LogP contribution in [0, 0.1) is 0 Å². The Morgan fingerprint density at radius 2 is 1.58 bits per heavy atom. The fourth-order valence-corrected chi connectivity index (χ4v) is 5.26. The fourth-order valence-electron chi connectivity index (χ4n) is 2.66. The molecule has 0 aliphatic rings. The fraction of sp³-hybridized carbons (Fsp3) is 0.905. The van der Waals surface area contributed by atoms with Crippen molar-refractivity contribution in [1.82, 2.24) is 4.90 Å². The van der Waals surface area contributed by atoms with Gasteiger partial charge in [-0.1, -0.05) is 5.11 Å². The molecule has 0 radical (unpaired) electrons. The normalized spacial score (nSPS) is 12.6. The predicted molar refractivity (Wildman–Crippen MR) is 147 cm³/mol. The van der Waals surface area contributed by atoms with E-state index < -0.39 is 18.2 Å². The van der Waals surface area contributed by atoms with Crippen LogP contribution in [0.4, 0.5) is 0 Å². The van der Waals surface area contributed by atoms with Gasteiger partial charge in [0.25, 0.3) is 0 Å². The molecule has 0 rings (SSSR count). The average molecular weight is 572 g/mol. The molecule has 0 aliphatic carbocycles. The number of ether oxygens (including phenoxy) is 2. The first kappa shape index (κ1) is 35.1. The number of aliphatic carboxylic acids is 1. The van der Waals surface area contributed by atoms with Crippen molar-refractivity contribution < 1.29 is 34.4 Å².